The van der Waals surface area contributed by atoms with Crippen molar-refractivity contribution in [2.45, 2.75) is 12.8 Å². The van der Waals surface area contributed by atoms with E-state index in [2.05, 4.69) is 4.98 Å². The number of aromatic nitrogens is 1. The van der Waals surface area contributed by atoms with E-state index in [1.54, 1.807) is 0 Å². The maximum atomic E-state index is 10.7. The van der Waals surface area contributed by atoms with Crippen molar-refractivity contribution in [3.05, 3.63) is 11.2 Å². The fourth-order valence-corrected chi connectivity index (χ4v) is 2.42. The third-order valence-corrected chi connectivity index (χ3v) is 3.92. The van der Waals surface area contributed by atoms with Crippen LogP contribution < -0.4 is 4.62 Å². The molecule has 1 heterocycles. The minimum Gasteiger partial charge on any atom is -0.481 e. The summed E-state index contributed by atoms with van der Waals surface area (Å²) in [6.07, 6.45) is 1.19. The molecule has 0 saturated heterocycles. The molecule has 0 fully saturated rings. The van der Waals surface area contributed by atoms with E-state index in [1.807, 2.05) is 0 Å². The molecule has 14 heavy (non-hydrogen) atoms. The van der Waals surface area contributed by atoms with Crippen molar-refractivity contribution >= 4 is 29.5 Å². The highest BCUT2D eigenvalue weighted by molar-refractivity contribution is 7.67. The molecule has 0 atom stereocenters. The van der Waals surface area contributed by atoms with Crippen LogP contribution in [0.25, 0.3) is 0 Å². The number of aryl methyl sites for hydroxylation is 1. The van der Waals surface area contributed by atoms with E-state index in [0.29, 0.717) is 5.01 Å². The predicted octanol–water partition coefficient (Wildman–Crippen LogP) is -0.0367. The van der Waals surface area contributed by atoms with Gasteiger partial charge in [-0.2, -0.15) is 0 Å². The first kappa shape index (κ1) is 11.3. The van der Waals surface area contributed by atoms with Gasteiger partial charge in [0.05, 0.1) is 17.6 Å². The SMILES string of the molecule is O=C(O)CCc1ncc(P(=O)(O)O)s1. The predicted molar refractivity (Wildman–Crippen MR) is 49.7 cm³/mol. The van der Waals surface area contributed by atoms with Gasteiger partial charge in [0.2, 0.25) is 0 Å². The average Bonchev–Trinajstić information content (AvgIpc) is 2.47. The van der Waals surface area contributed by atoms with Gasteiger partial charge in [0.15, 0.2) is 0 Å². The van der Waals surface area contributed by atoms with Gasteiger partial charge in [-0.25, -0.2) is 4.98 Å². The minimum absolute atomic E-state index is 0.0892. The first-order valence-electron chi connectivity index (χ1n) is 3.62. The summed E-state index contributed by atoms with van der Waals surface area (Å²) in [7, 11) is -4.24. The highest BCUT2D eigenvalue weighted by atomic mass is 32.1. The minimum atomic E-state index is -4.24. The smallest absolute Gasteiger partial charge is 0.367 e. The molecule has 0 spiro atoms. The molecule has 0 aromatic carbocycles. The Kier molecular flexibility index (Phi) is 3.38. The highest BCUT2D eigenvalue weighted by Crippen LogP contribution is 2.35. The van der Waals surface area contributed by atoms with E-state index in [1.165, 1.54) is 0 Å². The molecule has 0 aliphatic rings. The van der Waals surface area contributed by atoms with Crippen molar-refractivity contribution in [1.82, 2.24) is 4.98 Å². The van der Waals surface area contributed by atoms with Gasteiger partial charge in [0, 0.05) is 6.42 Å². The van der Waals surface area contributed by atoms with Gasteiger partial charge in [-0.3, -0.25) is 9.36 Å². The first-order chi connectivity index (χ1) is 6.39. The fraction of sp³-hybridized carbons (Fsp3) is 0.333. The van der Waals surface area contributed by atoms with E-state index >= 15 is 0 Å². The standard InChI is InChI=1S/C6H8NO5PS/c8-5(9)2-1-4-7-3-6(14-4)13(10,11)12/h3H,1-2H2,(H,8,9)(H2,10,11,12). The summed E-state index contributed by atoms with van der Waals surface area (Å²) in [4.78, 5) is 31.4. The summed E-state index contributed by atoms with van der Waals surface area (Å²) in [5.41, 5.74) is 0. The van der Waals surface area contributed by atoms with E-state index in [9.17, 15) is 9.36 Å². The lowest BCUT2D eigenvalue weighted by atomic mass is 10.3. The largest absolute Gasteiger partial charge is 0.481 e. The summed E-state index contributed by atoms with van der Waals surface area (Å²) in [5.74, 6) is -0.960. The summed E-state index contributed by atoms with van der Waals surface area (Å²) in [6.45, 7) is 0. The van der Waals surface area contributed by atoms with Crippen LogP contribution in [-0.4, -0.2) is 25.8 Å². The Bertz CT molecular complexity index is 383. The maximum absolute atomic E-state index is 10.7. The molecule has 0 aliphatic carbocycles. The van der Waals surface area contributed by atoms with Crippen molar-refractivity contribution < 1.29 is 24.3 Å². The number of carboxylic acid groups (broad SMARTS) is 1. The lowest BCUT2D eigenvalue weighted by Gasteiger charge is -1.95. The van der Waals surface area contributed by atoms with Crippen molar-refractivity contribution in [1.29, 1.82) is 0 Å². The number of carboxylic acids is 1. The summed E-state index contributed by atoms with van der Waals surface area (Å²) in [5, 5.41) is 8.79. The van der Waals surface area contributed by atoms with E-state index < -0.39 is 13.6 Å². The molecular weight excluding hydrogens is 229 g/mol. The van der Waals surface area contributed by atoms with Crippen LogP contribution in [0.5, 0.6) is 0 Å². The second-order valence-corrected chi connectivity index (χ2v) is 5.52. The number of hydrogen-bond acceptors (Lipinski definition) is 4. The molecule has 0 unspecified atom stereocenters. The van der Waals surface area contributed by atoms with Gasteiger partial charge < -0.3 is 14.9 Å². The van der Waals surface area contributed by atoms with E-state index in [0.717, 1.165) is 17.5 Å². The third-order valence-electron chi connectivity index (χ3n) is 1.38. The van der Waals surface area contributed by atoms with Crippen molar-refractivity contribution in [3.63, 3.8) is 0 Å². The normalized spacial score (nSPS) is 11.6. The highest BCUT2D eigenvalue weighted by Gasteiger charge is 2.20. The van der Waals surface area contributed by atoms with Crippen LogP contribution in [0.4, 0.5) is 0 Å². The number of hydrogen-bond donors (Lipinski definition) is 3. The molecule has 0 aliphatic heterocycles. The van der Waals surface area contributed by atoms with Crippen LogP contribution >= 0.6 is 18.9 Å². The van der Waals surface area contributed by atoms with Crippen LogP contribution in [0.1, 0.15) is 11.4 Å². The molecular formula is C6H8NO5PS. The summed E-state index contributed by atoms with van der Waals surface area (Å²) in [6, 6.07) is 0. The molecule has 0 radical (unpaired) electrons. The Morgan fingerprint density at radius 3 is 2.64 bits per heavy atom. The van der Waals surface area contributed by atoms with Gasteiger partial charge in [-0.1, -0.05) is 0 Å². The fourth-order valence-electron chi connectivity index (χ4n) is 0.765. The number of aliphatic carboxylic acids is 1. The zero-order valence-corrected chi connectivity index (χ0v) is 8.66. The lowest BCUT2D eigenvalue weighted by molar-refractivity contribution is -0.136. The van der Waals surface area contributed by atoms with E-state index in [4.69, 9.17) is 14.9 Å². The van der Waals surface area contributed by atoms with Gasteiger partial charge in [-0.15, -0.1) is 11.3 Å². The molecule has 0 saturated carbocycles. The molecule has 0 amide bonds. The Morgan fingerprint density at radius 1 is 1.57 bits per heavy atom. The lowest BCUT2D eigenvalue weighted by Crippen LogP contribution is -1.97. The van der Waals surface area contributed by atoms with E-state index in [-0.39, 0.29) is 17.5 Å². The second-order valence-electron chi connectivity index (χ2n) is 2.53. The summed E-state index contributed by atoms with van der Waals surface area (Å²) < 4.78 is 10.6. The second kappa shape index (κ2) is 4.18. The molecule has 3 N–H and O–H groups in total. The quantitative estimate of drug-likeness (QED) is 0.634. The van der Waals surface area contributed by atoms with Gasteiger partial charge in [0.25, 0.3) is 0 Å². The molecule has 0 bridgehead atoms. The number of rotatable bonds is 4. The number of thiazole rings is 1. The van der Waals surface area contributed by atoms with Crippen molar-refractivity contribution in [2.75, 3.05) is 0 Å². The molecule has 78 valence electrons. The topological polar surface area (TPSA) is 108 Å². The van der Waals surface area contributed by atoms with Gasteiger partial charge in [-0.05, 0) is 0 Å². The molecule has 6 nitrogen and oxygen atoms in total. The van der Waals surface area contributed by atoms with Gasteiger partial charge in [0.1, 0.15) is 4.62 Å². The Hall–Kier alpha value is -0.750. The van der Waals surface area contributed by atoms with Crippen molar-refractivity contribution in [3.8, 4) is 0 Å². The van der Waals surface area contributed by atoms with Crippen LogP contribution in [0.2, 0.25) is 0 Å². The van der Waals surface area contributed by atoms with Crippen molar-refractivity contribution in [2.24, 2.45) is 0 Å². The number of carbonyl (C=O) groups is 1. The monoisotopic (exact) mass is 237 g/mol. The van der Waals surface area contributed by atoms with Crippen LogP contribution in [-0.2, 0) is 15.8 Å². The van der Waals surface area contributed by atoms with Crippen LogP contribution in [0, 0.1) is 0 Å². The Balaban J connectivity index is 2.69. The average molecular weight is 237 g/mol. The zero-order valence-electron chi connectivity index (χ0n) is 6.95. The maximum Gasteiger partial charge on any atom is 0.367 e. The van der Waals surface area contributed by atoms with Crippen LogP contribution in [0.15, 0.2) is 6.20 Å². The summed E-state index contributed by atoms with van der Waals surface area (Å²) >= 11 is 0.844. The zero-order chi connectivity index (χ0) is 10.8. The Labute approximate surface area is 83.4 Å². The van der Waals surface area contributed by atoms with Crippen LogP contribution in [0.3, 0.4) is 0 Å². The first-order valence-corrected chi connectivity index (χ1v) is 6.05. The molecule has 1 rings (SSSR count). The third kappa shape index (κ3) is 3.19. The Morgan fingerprint density at radius 2 is 2.21 bits per heavy atom. The van der Waals surface area contributed by atoms with Gasteiger partial charge >= 0.3 is 13.6 Å². The molecule has 1 aromatic rings. The number of nitrogens with zero attached hydrogens (tertiary/aromatic N) is 1. The molecule has 1 aromatic heterocycles. The molecule has 8 heteroatoms.